The summed E-state index contributed by atoms with van der Waals surface area (Å²) in [6, 6.07) is 0. The molecule has 6 atom stereocenters. The summed E-state index contributed by atoms with van der Waals surface area (Å²) in [6.45, 7) is 11.2. The monoisotopic (exact) mass is 362 g/mol. The molecule has 4 heteroatoms. The Morgan fingerprint density at radius 3 is 2.58 bits per heavy atom. The van der Waals surface area contributed by atoms with Gasteiger partial charge in [-0.2, -0.15) is 0 Å². The van der Waals surface area contributed by atoms with Gasteiger partial charge in [-0.05, 0) is 73.7 Å². The van der Waals surface area contributed by atoms with E-state index in [0.717, 1.165) is 38.5 Å². The molecule has 4 aliphatic rings. The van der Waals surface area contributed by atoms with Gasteiger partial charge in [0, 0.05) is 6.92 Å². The van der Waals surface area contributed by atoms with Crippen LogP contribution in [0.5, 0.6) is 0 Å². The van der Waals surface area contributed by atoms with Crippen LogP contribution in [0.25, 0.3) is 0 Å². The lowest BCUT2D eigenvalue weighted by molar-refractivity contribution is -0.305. The molecule has 0 aromatic rings. The van der Waals surface area contributed by atoms with Crippen LogP contribution >= 0.6 is 0 Å². The predicted molar refractivity (Wildman–Crippen MR) is 99.5 cm³/mol. The molecule has 2 saturated carbocycles. The molecule has 1 saturated heterocycles. The maximum Gasteiger partial charge on any atom is 0.303 e. The molecule has 1 N–H and O–H groups in total. The molecule has 26 heavy (non-hydrogen) atoms. The van der Waals surface area contributed by atoms with Crippen LogP contribution in [-0.4, -0.2) is 35.5 Å². The Balaban J connectivity index is 1.73. The van der Waals surface area contributed by atoms with Crippen molar-refractivity contribution in [1.29, 1.82) is 0 Å². The maximum atomic E-state index is 11.6. The van der Waals surface area contributed by atoms with Gasteiger partial charge >= 0.3 is 5.97 Å². The number of hydrogen-bond acceptors (Lipinski definition) is 4. The van der Waals surface area contributed by atoms with E-state index in [1.54, 1.807) is 0 Å². The summed E-state index contributed by atoms with van der Waals surface area (Å²) in [6.07, 6.45) is 6.04. The van der Waals surface area contributed by atoms with E-state index in [-0.39, 0.29) is 34.9 Å². The quantitative estimate of drug-likeness (QED) is 0.566. The highest BCUT2D eigenvalue weighted by atomic mass is 16.6. The zero-order valence-corrected chi connectivity index (χ0v) is 16.9. The molecule has 3 aliphatic carbocycles. The van der Waals surface area contributed by atoms with Crippen molar-refractivity contribution >= 4 is 5.97 Å². The zero-order chi connectivity index (χ0) is 18.9. The van der Waals surface area contributed by atoms with Crippen LogP contribution in [0.15, 0.2) is 11.1 Å². The van der Waals surface area contributed by atoms with Crippen molar-refractivity contribution in [3.05, 3.63) is 11.1 Å². The van der Waals surface area contributed by atoms with Crippen LogP contribution in [0.1, 0.15) is 73.1 Å². The van der Waals surface area contributed by atoms with Gasteiger partial charge in [-0.25, -0.2) is 0 Å². The van der Waals surface area contributed by atoms with Gasteiger partial charge in [0.05, 0.1) is 12.7 Å². The fourth-order valence-corrected chi connectivity index (χ4v) is 6.68. The van der Waals surface area contributed by atoms with Crippen LogP contribution in [0.4, 0.5) is 0 Å². The Kier molecular flexibility index (Phi) is 4.13. The fourth-order valence-electron chi connectivity index (χ4n) is 6.68. The Hall–Kier alpha value is -0.870. The van der Waals surface area contributed by atoms with Crippen LogP contribution in [0.2, 0.25) is 0 Å². The molecule has 0 spiro atoms. The van der Waals surface area contributed by atoms with E-state index in [0.29, 0.717) is 12.5 Å². The molecule has 146 valence electrons. The molecule has 0 radical (unpaired) electrons. The van der Waals surface area contributed by atoms with E-state index in [2.05, 4.69) is 27.7 Å². The number of esters is 1. The first-order valence-electron chi connectivity index (χ1n) is 10.3. The normalized spacial score (nSPS) is 47.0. The second kappa shape index (κ2) is 5.81. The van der Waals surface area contributed by atoms with E-state index < -0.39 is 5.60 Å². The summed E-state index contributed by atoms with van der Waals surface area (Å²) in [4.78, 5) is 11.6. The minimum absolute atomic E-state index is 0.0210. The fraction of sp³-hybridized carbons (Fsp3) is 0.864. The molecule has 0 amide bonds. The molecule has 4 nitrogen and oxygen atoms in total. The van der Waals surface area contributed by atoms with Gasteiger partial charge in [0.2, 0.25) is 0 Å². The number of hydrogen-bond donors (Lipinski definition) is 1. The lowest BCUT2D eigenvalue weighted by Gasteiger charge is -2.62. The van der Waals surface area contributed by atoms with Gasteiger partial charge in [0.15, 0.2) is 0 Å². The van der Waals surface area contributed by atoms with Crippen molar-refractivity contribution in [3.63, 3.8) is 0 Å². The molecule has 3 fully saturated rings. The van der Waals surface area contributed by atoms with Gasteiger partial charge in [0.1, 0.15) is 11.7 Å². The summed E-state index contributed by atoms with van der Waals surface area (Å²) in [5, 5.41) is 11.4. The first kappa shape index (κ1) is 18.5. The van der Waals surface area contributed by atoms with E-state index in [1.165, 1.54) is 18.1 Å². The number of allylic oxidation sites excluding steroid dienone is 1. The van der Waals surface area contributed by atoms with Gasteiger partial charge in [-0.1, -0.05) is 26.3 Å². The number of ether oxygens (including phenoxy) is 2. The molecule has 0 aromatic heterocycles. The van der Waals surface area contributed by atoms with Gasteiger partial charge in [-0.15, -0.1) is 0 Å². The lowest BCUT2D eigenvalue weighted by atomic mass is 9.49. The molecule has 0 unspecified atom stereocenters. The third-order valence-electron chi connectivity index (χ3n) is 8.53. The number of aliphatic hydroxyl groups is 1. The highest BCUT2D eigenvalue weighted by molar-refractivity contribution is 5.66. The van der Waals surface area contributed by atoms with Gasteiger partial charge < -0.3 is 14.6 Å². The molecule has 1 aliphatic heterocycles. The highest BCUT2D eigenvalue weighted by Gasteiger charge is 2.62. The smallest absolute Gasteiger partial charge is 0.303 e. The van der Waals surface area contributed by atoms with Crippen molar-refractivity contribution < 1.29 is 19.4 Å². The molecular weight excluding hydrogens is 328 g/mol. The number of carbonyl (C=O) groups is 1. The van der Waals surface area contributed by atoms with Crippen molar-refractivity contribution in [3.8, 4) is 0 Å². The van der Waals surface area contributed by atoms with Crippen LogP contribution in [0.3, 0.4) is 0 Å². The van der Waals surface area contributed by atoms with Crippen molar-refractivity contribution in [1.82, 2.24) is 0 Å². The molecule has 4 rings (SSSR count). The van der Waals surface area contributed by atoms with Crippen LogP contribution < -0.4 is 0 Å². The zero-order valence-electron chi connectivity index (χ0n) is 16.9. The van der Waals surface area contributed by atoms with Gasteiger partial charge in [-0.3, -0.25) is 4.79 Å². The number of rotatable bonds is 1. The topological polar surface area (TPSA) is 55.8 Å². The molecule has 2 bridgehead atoms. The summed E-state index contributed by atoms with van der Waals surface area (Å²) < 4.78 is 11.4. The second-order valence-corrected chi connectivity index (χ2v) is 10.2. The molecule has 0 aromatic carbocycles. The van der Waals surface area contributed by atoms with E-state index in [1.807, 2.05) is 0 Å². The summed E-state index contributed by atoms with van der Waals surface area (Å²) in [7, 11) is 0. The van der Waals surface area contributed by atoms with Gasteiger partial charge in [0.25, 0.3) is 0 Å². The number of carbonyl (C=O) groups excluding carboxylic acids is 1. The van der Waals surface area contributed by atoms with E-state index >= 15 is 0 Å². The second-order valence-electron chi connectivity index (χ2n) is 10.2. The average Bonchev–Trinajstić information content (AvgIpc) is 2.52. The highest BCUT2D eigenvalue weighted by Crippen LogP contribution is 2.61. The number of fused-ring (bicyclic) bond motifs is 5. The molecule has 1 heterocycles. The summed E-state index contributed by atoms with van der Waals surface area (Å²) in [5.41, 5.74) is 2.36. The Bertz CT molecular complexity index is 651. The van der Waals surface area contributed by atoms with E-state index in [9.17, 15) is 9.90 Å². The van der Waals surface area contributed by atoms with Crippen molar-refractivity contribution in [2.24, 2.45) is 22.7 Å². The lowest BCUT2D eigenvalue weighted by Crippen LogP contribution is -2.69. The largest absolute Gasteiger partial charge is 0.458 e. The van der Waals surface area contributed by atoms with Crippen LogP contribution in [-0.2, 0) is 14.3 Å². The first-order valence-corrected chi connectivity index (χ1v) is 10.3. The van der Waals surface area contributed by atoms with E-state index in [4.69, 9.17) is 9.47 Å². The summed E-state index contributed by atoms with van der Waals surface area (Å²) >= 11 is 0. The Labute approximate surface area is 157 Å². The van der Waals surface area contributed by atoms with Crippen molar-refractivity contribution in [2.75, 3.05) is 6.61 Å². The third-order valence-corrected chi connectivity index (χ3v) is 8.53. The minimum atomic E-state index is -0.659. The molecular formula is C22H34O4. The van der Waals surface area contributed by atoms with Crippen molar-refractivity contribution in [2.45, 2.75) is 91.0 Å². The maximum absolute atomic E-state index is 11.6. The SMILES string of the molecule is CC(=O)O[C@H]1C[C@H]2C[C@H]3[C@](C)(CCC(=C1C)C2(C)C)CC[C@H]1OC[C@]13O. The average molecular weight is 363 g/mol. The predicted octanol–water partition coefficient (Wildman–Crippen LogP) is 4.01. The Morgan fingerprint density at radius 1 is 1.23 bits per heavy atom. The Morgan fingerprint density at radius 2 is 1.96 bits per heavy atom. The third kappa shape index (κ3) is 2.51. The minimum Gasteiger partial charge on any atom is -0.458 e. The first-order chi connectivity index (χ1) is 12.1. The van der Waals surface area contributed by atoms with Crippen LogP contribution in [0, 0.1) is 22.7 Å². The standard InChI is InChI=1S/C22H34O4/c1-13-16-6-8-21(5)9-7-19-22(24,12-25-19)18(21)11-15(20(16,3)4)10-17(13)26-14(2)23/h15,17-19,24H,6-12H2,1-5H3/t15-,17-,18-,19+,21+,22+/m0/s1. The summed E-state index contributed by atoms with van der Waals surface area (Å²) in [5.74, 6) is 0.487.